The van der Waals surface area contributed by atoms with Crippen molar-refractivity contribution in [2.75, 3.05) is 25.1 Å². The Balaban J connectivity index is 0.00000162. The molecule has 7 heteroatoms. The molecule has 1 saturated heterocycles. The number of carbonyl (C=O) groups excluding carboxylic acids is 1. The van der Waals surface area contributed by atoms with Crippen LogP contribution in [0, 0.1) is 0 Å². The van der Waals surface area contributed by atoms with Gasteiger partial charge in [-0.2, -0.15) is 0 Å². The van der Waals surface area contributed by atoms with Gasteiger partial charge in [0.2, 0.25) is 5.91 Å². The van der Waals surface area contributed by atoms with E-state index in [-0.39, 0.29) is 35.9 Å². The summed E-state index contributed by atoms with van der Waals surface area (Å²) in [6, 6.07) is 3.10. The van der Waals surface area contributed by atoms with Gasteiger partial charge in [-0.25, -0.2) is 4.98 Å². The average molecular weight is 274 g/mol. The van der Waals surface area contributed by atoms with Crippen LogP contribution in [0.3, 0.4) is 0 Å². The number of carbonyl (C=O) groups is 1. The fraction of sp³-hybridized carbons (Fsp3) is 0.455. The second kappa shape index (κ2) is 7.15. The van der Waals surface area contributed by atoms with Crippen molar-refractivity contribution in [2.45, 2.75) is 12.5 Å². The normalized spacial score (nSPS) is 18.8. The Hall–Kier alpha value is -1.37. The Morgan fingerprint density at radius 3 is 3.17 bits per heavy atom. The summed E-state index contributed by atoms with van der Waals surface area (Å²) in [5, 5.41) is 15.2. The third kappa shape index (κ3) is 4.14. The monoisotopic (exact) mass is 273 g/mol. The van der Waals surface area contributed by atoms with Gasteiger partial charge in [0.1, 0.15) is 0 Å². The highest BCUT2D eigenvalue weighted by atomic mass is 35.5. The fourth-order valence-electron chi connectivity index (χ4n) is 1.65. The van der Waals surface area contributed by atoms with Crippen molar-refractivity contribution in [2.24, 2.45) is 0 Å². The lowest BCUT2D eigenvalue weighted by molar-refractivity contribution is -0.117. The van der Waals surface area contributed by atoms with E-state index < -0.39 is 0 Å². The van der Waals surface area contributed by atoms with E-state index in [0.29, 0.717) is 19.6 Å². The van der Waals surface area contributed by atoms with Crippen molar-refractivity contribution < 1.29 is 14.6 Å². The Bertz CT molecular complexity index is 397. The third-order valence-corrected chi connectivity index (χ3v) is 2.47. The fourth-order valence-corrected chi connectivity index (χ4v) is 1.65. The first kappa shape index (κ1) is 14.7. The van der Waals surface area contributed by atoms with E-state index in [9.17, 15) is 9.90 Å². The molecule has 0 spiro atoms. The maximum absolute atomic E-state index is 11.7. The molecule has 0 saturated carbocycles. The second-order valence-corrected chi connectivity index (χ2v) is 3.85. The molecule has 2 heterocycles. The van der Waals surface area contributed by atoms with E-state index in [1.54, 1.807) is 6.07 Å². The third-order valence-electron chi connectivity index (χ3n) is 2.47. The van der Waals surface area contributed by atoms with Crippen LogP contribution in [-0.2, 0) is 9.53 Å². The molecule has 1 atom stereocenters. The number of hydrogen-bond acceptors (Lipinski definition) is 5. The summed E-state index contributed by atoms with van der Waals surface area (Å²) in [5.74, 6) is -0.0371. The lowest BCUT2D eigenvalue weighted by Gasteiger charge is -2.23. The zero-order chi connectivity index (χ0) is 12.1. The number of pyridine rings is 1. The molecule has 18 heavy (non-hydrogen) atoms. The van der Waals surface area contributed by atoms with Gasteiger partial charge in [-0.05, 0) is 12.1 Å². The number of ether oxygens (including phenoxy) is 1. The summed E-state index contributed by atoms with van der Waals surface area (Å²) in [4.78, 5) is 15.6. The minimum Gasteiger partial charge on any atom is -0.504 e. The van der Waals surface area contributed by atoms with Gasteiger partial charge in [0.15, 0.2) is 11.6 Å². The van der Waals surface area contributed by atoms with Crippen LogP contribution in [0.1, 0.15) is 6.42 Å². The number of anilines is 1. The summed E-state index contributed by atoms with van der Waals surface area (Å²) in [6.45, 7) is 1.97. The van der Waals surface area contributed by atoms with Crippen LogP contribution < -0.4 is 10.6 Å². The Labute approximate surface area is 111 Å². The van der Waals surface area contributed by atoms with Crippen molar-refractivity contribution in [1.82, 2.24) is 10.3 Å². The molecule has 1 fully saturated rings. The minimum absolute atomic E-state index is 0. The van der Waals surface area contributed by atoms with Crippen molar-refractivity contribution >= 4 is 24.1 Å². The first-order chi connectivity index (χ1) is 8.25. The molecule has 3 N–H and O–H groups in total. The van der Waals surface area contributed by atoms with Gasteiger partial charge in [-0.15, -0.1) is 12.4 Å². The topological polar surface area (TPSA) is 83.5 Å². The van der Waals surface area contributed by atoms with Gasteiger partial charge < -0.3 is 20.5 Å². The Morgan fingerprint density at radius 1 is 1.67 bits per heavy atom. The van der Waals surface area contributed by atoms with E-state index in [2.05, 4.69) is 15.6 Å². The molecule has 6 nitrogen and oxygen atoms in total. The summed E-state index contributed by atoms with van der Waals surface area (Å²) < 4.78 is 5.25. The van der Waals surface area contributed by atoms with Gasteiger partial charge in [0.05, 0.1) is 13.2 Å². The van der Waals surface area contributed by atoms with Crippen molar-refractivity contribution in [3.05, 3.63) is 18.3 Å². The Kier molecular flexibility index (Phi) is 5.84. The molecule has 2 rings (SSSR count). The standard InChI is InChI=1S/C11H15N3O3.ClH/c15-9-2-1-3-13-11(9)14-10(16)6-8-7-17-5-4-12-8;/h1-3,8,12,15H,4-7H2,(H,13,14,16);1H. The summed E-state index contributed by atoms with van der Waals surface area (Å²) >= 11 is 0. The van der Waals surface area contributed by atoms with Gasteiger partial charge in [-0.1, -0.05) is 0 Å². The van der Waals surface area contributed by atoms with E-state index in [1.165, 1.54) is 12.3 Å². The molecule has 0 bridgehead atoms. The second-order valence-electron chi connectivity index (χ2n) is 3.85. The van der Waals surface area contributed by atoms with Crippen LogP contribution in [0.4, 0.5) is 5.82 Å². The average Bonchev–Trinajstić information content (AvgIpc) is 2.33. The van der Waals surface area contributed by atoms with Gasteiger partial charge in [0, 0.05) is 25.2 Å². The van der Waals surface area contributed by atoms with Crippen LogP contribution in [0.5, 0.6) is 5.75 Å². The predicted molar refractivity (Wildman–Crippen MR) is 69.0 cm³/mol. The van der Waals surface area contributed by atoms with Crippen molar-refractivity contribution in [3.63, 3.8) is 0 Å². The molecular formula is C11H16ClN3O3. The van der Waals surface area contributed by atoms with E-state index in [0.717, 1.165) is 6.54 Å². The SMILES string of the molecule is Cl.O=C(CC1COCCN1)Nc1ncccc1O. The molecule has 0 radical (unpaired) electrons. The number of hydrogen-bond donors (Lipinski definition) is 3. The molecule has 1 amide bonds. The largest absolute Gasteiger partial charge is 0.504 e. The molecule has 1 aromatic heterocycles. The summed E-state index contributed by atoms with van der Waals surface area (Å²) in [6.07, 6.45) is 1.81. The van der Waals surface area contributed by atoms with E-state index in [4.69, 9.17) is 4.74 Å². The number of halogens is 1. The molecule has 0 aliphatic carbocycles. The summed E-state index contributed by atoms with van der Waals surface area (Å²) in [5.41, 5.74) is 0. The highest BCUT2D eigenvalue weighted by molar-refractivity contribution is 5.91. The van der Waals surface area contributed by atoms with Gasteiger partial charge in [0.25, 0.3) is 0 Å². The first-order valence-electron chi connectivity index (χ1n) is 5.50. The van der Waals surface area contributed by atoms with Crippen LogP contribution in [0.25, 0.3) is 0 Å². The molecule has 1 aliphatic rings. The number of nitrogens with one attached hydrogen (secondary N) is 2. The van der Waals surface area contributed by atoms with Crippen molar-refractivity contribution in [1.29, 1.82) is 0 Å². The van der Waals surface area contributed by atoms with E-state index >= 15 is 0 Å². The molecule has 100 valence electrons. The maximum Gasteiger partial charge on any atom is 0.227 e. The smallest absolute Gasteiger partial charge is 0.227 e. The highest BCUT2D eigenvalue weighted by Gasteiger charge is 2.17. The minimum atomic E-state index is -0.193. The number of morpholine rings is 1. The zero-order valence-corrected chi connectivity index (χ0v) is 10.6. The number of aromatic hydroxyl groups is 1. The lowest BCUT2D eigenvalue weighted by Crippen LogP contribution is -2.43. The first-order valence-corrected chi connectivity index (χ1v) is 5.50. The molecule has 0 aromatic carbocycles. The van der Waals surface area contributed by atoms with Crippen LogP contribution >= 0.6 is 12.4 Å². The number of rotatable bonds is 3. The molecule has 1 aromatic rings. The van der Waals surface area contributed by atoms with Gasteiger partial charge in [-0.3, -0.25) is 4.79 Å². The van der Waals surface area contributed by atoms with Crippen LogP contribution in [-0.4, -0.2) is 41.8 Å². The Morgan fingerprint density at radius 2 is 2.50 bits per heavy atom. The van der Waals surface area contributed by atoms with E-state index in [1.807, 2.05) is 0 Å². The number of nitrogens with zero attached hydrogens (tertiary/aromatic N) is 1. The summed E-state index contributed by atoms with van der Waals surface area (Å²) in [7, 11) is 0. The highest BCUT2D eigenvalue weighted by Crippen LogP contribution is 2.18. The maximum atomic E-state index is 11.7. The molecular weight excluding hydrogens is 258 g/mol. The van der Waals surface area contributed by atoms with Crippen LogP contribution in [0.2, 0.25) is 0 Å². The number of aromatic nitrogens is 1. The van der Waals surface area contributed by atoms with Crippen LogP contribution in [0.15, 0.2) is 18.3 Å². The quantitative estimate of drug-likeness (QED) is 0.748. The predicted octanol–water partition coefficient (Wildman–Crippen LogP) is 0.526. The van der Waals surface area contributed by atoms with Gasteiger partial charge >= 0.3 is 0 Å². The molecule has 1 unspecified atom stereocenters. The lowest BCUT2D eigenvalue weighted by atomic mass is 10.2. The molecule has 1 aliphatic heterocycles. The van der Waals surface area contributed by atoms with Crippen molar-refractivity contribution in [3.8, 4) is 5.75 Å². The zero-order valence-electron chi connectivity index (χ0n) is 9.76. The number of amides is 1.